The van der Waals surface area contributed by atoms with E-state index in [0.29, 0.717) is 17.3 Å². The maximum absolute atomic E-state index is 11.1. The topological polar surface area (TPSA) is 85.3 Å². The summed E-state index contributed by atoms with van der Waals surface area (Å²) >= 11 is 0. The first-order valence-electron chi connectivity index (χ1n) is 9.42. The average Bonchev–Trinajstić information content (AvgIpc) is 3.22. The monoisotopic (exact) mass is 378 g/mol. The Hall–Kier alpha value is -3.22. The van der Waals surface area contributed by atoms with E-state index >= 15 is 0 Å². The quantitative estimate of drug-likeness (QED) is 0.473. The number of piperidine rings is 1. The van der Waals surface area contributed by atoms with Crippen LogP contribution in [-0.2, 0) is 0 Å². The summed E-state index contributed by atoms with van der Waals surface area (Å²) < 4.78 is 5.70. The number of rotatable bonds is 4. The highest BCUT2D eigenvalue weighted by Crippen LogP contribution is 2.37. The molecule has 1 aromatic carbocycles. The number of hydrogen-bond acceptors (Lipinski definition) is 6. The van der Waals surface area contributed by atoms with Gasteiger partial charge >= 0.3 is 0 Å². The van der Waals surface area contributed by atoms with Crippen LogP contribution in [0.1, 0.15) is 37.3 Å². The van der Waals surface area contributed by atoms with E-state index < -0.39 is 4.92 Å². The van der Waals surface area contributed by atoms with Crippen molar-refractivity contribution in [2.45, 2.75) is 32.7 Å². The number of benzene rings is 1. The summed E-state index contributed by atoms with van der Waals surface area (Å²) in [7, 11) is 0. The molecule has 1 saturated heterocycles. The van der Waals surface area contributed by atoms with E-state index in [1.54, 1.807) is 18.4 Å². The molecule has 0 spiro atoms. The number of aromatic nitrogens is 2. The lowest BCUT2D eigenvalue weighted by atomic mass is 9.91. The second-order valence-corrected chi connectivity index (χ2v) is 7.35. The smallest absolute Gasteiger partial charge is 0.270 e. The van der Waals surface area contributed by atoms with Crippen LogP contribution in [0.5, 0.6) is 0 Å². The zero-order valence-corrected chi connectivity index (χ0v) is 15.9. The summed E-state index contributed by atoms with van der Waals surface area (Å²) in [4.78, 5) is 22.3. The fourth-order valence-electron chi connectivity index (χ4n) is 3.75. The van der Waals surface area contributed by atoms with Gasteiger partial charge < -0.3 is 9.32 Å². The van der Waals surface area contributed by atoms with Gasteiger partial charge in [-0.2, -0.15) is 0 Å². The maximum Gasteiger partial charge on any atom is 0.270 e. The van der Waals surface area contributed by atoms with Crippen molar-refractivity contribution in [3.05, 3.63) is 70.3 Å². The molecule has 28 heavy (non-hydrogen) atoms. The summed E-state index contributed by atoms with van der Waals surface area (Å²) in [6.45, 7) is 5.05. The summed E-state index contributed by atoms with van der Waals surface area (Å²) in [5.41, 5.74) is 1.49. The van der Waals surface area contributed by atoms with E-state index in [1.807, 2.05) is 25.1 Å². The van der Waals surface area contributed by atoms with Gasteiger partial charge in [-0.1, -0.05) is 19.1 Å². The molecule has 0 saturated carbocycles. The van der Waals surface area contributed by atoms with Gasteiger partial charge in [0.2, 0.25) is 0 Å². The SMILES string of the molecule is Cc1cc(N2CC[C@@H](C)C[C@H]2c2ccco2)nc(-c2cccc([N+](=O)[O-])c2)n1. The largest absolute Gasteiger partial charge is 0.467 e. The van der Waals surface area contributed by atoms with Crippen LogP contribution in [0.25, 0.3) is 11.4 Å². The minimum absolute atomic E-state index is 0.0319. The van der Waals surface area contributed by atoms with Crippen molar-refractivity contribution in [3.8, 4) is 11.4 Å². The van der Waals surface area contributed by atoms with Crippen LogP contribution in [-0.4, -0.2) is 21.4 Å². The minimum Gasteiger partial charge on any atom is -0.467 e. The van der Waals surface area contributed by atoms with Crippen LogP contribution < -0.4 is 4.90 Å². The van der Waals surface area contributed by atoms with Gasteiger partial charge in [0.05, 0.1) is 17.2 Å². The molecular formula is C21H22N4O3. The Morgan fingerprint density at radius 3 is 2.82 bits per heavy atom. The number of nitro groups is 1. The molecule has 2 atom stereocenters. The van der Waals surface area contributed by atoms with Crippen LogP contribution >= 0.6 is 0 Å². The summed E-state index contributed by atoms with van der Waals surface area (Å²) in [6.07, 6.45) is 3.77. The van der Waals surface area contributed by atoms with Crippen molar-refractivity contribution >= 4 is 11.5 Å². The normalized spacial score (nSPS) is 19.6. The van der Waals surface area contributed by atoms with Gasteiger partial charge in [0, 0.05) is 36.0 Å². The van der Waals surface area contributed by atoms with Crippen molar-refractivity contribution in [2.75, 3.05) is 11.4 Å². The fraction of sp³-hybridized carbons (Fsp3) is 0.333. The number of hydrogen-bond donors (Lipinski definition) is 0. The van der Waals surface area contributed by atoms with Gasteiger partial charge in [0.15, 0.2) is 5.82 Å². The molecule has 0 radical (unpaired) electrons. The zero-order valence-electron chi connectivity index (χ0n) is 15.9. The summed E-state index contributed by atoms with van der Waals surface area (Å²) in [5, 5.41) is 11.1. The van der Waals surface area contributed by atoms with Gasteiger partial charge in [0.1, 0.15) is 11.6 Å². The number of aryl methyl sites for hydroxylation is 1. The van der Waals surface area contributed by atoms with E-state index in [1.165, 1.54) is 12.1 Å². The van der Waals surface area contributed by atoms with E-state index in [0.717, 1.165) is 36.7 Å². The second kappa shape index (κ2) is 7.42. The number of nitrogens with zero attached hydrogens (tertiary/aromatic N) is 4. The third kappa shape index (κ3) is 3.60. The predicted octanol–water partition coefficient (Wildman–Crippen LogP) is 4.93. The zero-order chi connectivity index (χ0) is 19.7. The molecule has 3 aromatic rings. The molecule has 1 aliphatic rings. The first kappa shape index (κ1) is 18.2. The Kier molecular flexibility index (Phi) is 4.81. The molecule has 4 rings (SSSR count). The van der Waals surface area contributed by atoms with Crippen LogP contribution in [0, 0.1) is 23.0 Å². The van der Waals surface area contributed by atoms with Crippen LogP contribution in [0.3, 0.4) is 0 Å². The Balaban J connectivity index is 1.74. The lowest BCUT2D eigenvalue weighted by Crippen LogP contribution is -2.36. The Morgan fingerprint density at radius 1 is 1.21 bits per heavy atom. The molecule has 0 bridgehead atoms. The number of furan rings is 1. The van der Waals surface area contributed by atoms with Crippen molar-refractivity contribution in [3.63, 3.8) is 0 Å². The van der Waals surface area contributed by atoms with E-state index in [-0.39, 0.29) is 11.7 Å². The molecule has 0 unspecified atom stereocenters. The number of anilines is 1. The van der Waals surface area contributed by atoms with Crippen molar-refractivity contribution in [2.24, 2.45) is 5.92 Å². The average molecular weight is 378 g/mol. The Labute approximate surface area is 163 Å². The Morgan fingerprint density at radius 2 is 2.07 bits per heavy atom. The standard InChI is InChI=1S/C21H22N4O3/c1-14-8-9-24(18(11-14)19-7-4-10-28-19)20-12-15(2)22-21(23-20)16-5-3-6-17(13-16)25(26)27/h3-7,10,12-14,18H,8-9,11H2,1-2H3/t14-,18+/m1/s1. The highest BCUT2D eigenvalue weighted by Gasteiger charge is 2.31. The van der Waals surface area contributed by atoms with E-state index in [2.05, 4.69) is 16.8 Å². The number of nitro benzene ring substituents is 1. The fourth-order valence-corrected chi connectivity index (χ4v) is 3.75. The molecule has 7 heteroatoms. The Bertz CT molecular complexity index is 987. The van der Waals surface area contributed by atoms with Crippen molar-refractivity contribution < 1.29 is 9.34 Å². The van der Waals surface area contributed by atoms with Crippen molar-refractivity contribution in [1.29, 1.82) is 0 Å². The van der Waals surface area contributed by atoms with Crippen LogP contribution in [0.2, 0.25) is 0 Å². The maximum atomic E-state index is 11.1. The molecule has 3 heterocycles. The van der Waals surface area contributed by atoms with E-state index in [9.17, 15) is 10.1 Å². The van der Waals surface area contributed by atoms with E-state index in [4.69, 9.17) is 9.40 Å². The highest BCUT2D eigenvalue weighted by molar-refractivity contribution is 5.61. The van der Waals surface area contributed by atoms with Crippen LogP contribution in [0.15, 0.2) is 53.1 Å². The van der Waals surface area contributed by atoms with Gasteiger partial charge in [-0.3, -0.25) is 10.1 Å². The van der Waals surface area contributed by atoms with Crippen LogP contribution in [0.4, 0.5) is 11.5 Å². The molecule has 0 aliphatic carbocycles. The van der Waals surface area contributed by atoms with Gasteiger partial charge in [-0.15, -0.1) is 0 Å². The van der Waals surface area contributed by atoms with Gasteiger partial charge in [-0.25, -0.2) is 9.97 Å². The molecular weight excluding hydrogens is 356 g/mol. The third-order valence-electron chi connectivity index (χ3n) is 5.19. The molecule has 2 aromatic heterocycles. The molecule has 0 N–H and O–H groups in total. The summed E-state index contributed by atoms with van der Waals surface area (Å²) in [5.74, 6) is 2.85. The molecule has 1 fully saturated rings. The molecule has 7 nitrogen and oxygen atoms in total. The van der Waals surface area contributed by atoms with Crippen molar-refractivity contribution in [1.82, 2.24) is 9.97 Å². The van der Waals surface area contributed by atoms with Gasteiger partial charge in [-0.05, 0) is 37.8 Å². The lowest BCUT2D eigenvalue weighted by Gasteiger charge is -2.38. The number of non-ortho nitro benzene ring substituents is 1. The first-order chi connectivity index (χ1) is 13.5. The predicted molar refractivity (Wildman–Crippen MR) is 106 cm³/mol. The summed E-state index contributed by atoms with van der Waals surface area (Å²) in [6, 6.07) is 12.4. The molecule has 0 amide bonds. The lowest BCUT2D eigenvalue weighted by molar-refractivity contribution is -0.384. The minimum atomic E-state index is -0.404. The first-order valence-corrected chi connectivity index (χ1v) is 9.42. The third-order valence-corrected chi connectivity index (χ3v) is 5.19. The molecule has 1 aliphatic heterocycles. The van der Waals surface area contributed by atoms with Gasteiger partial charge in [0.25, 0.3) is 5.69 Å². The highest BCUT2D eigenvalue weighted by atomic mass is 16.6. The molecule has 144 valence electrons. The second-order valence-electron chi connectivity index (χ2n) is 7.35.